The first-order valence-electron chi connectivity index (χ1n) is 9.31. The molecule has 1 aromatic heterocycles. The van der Waals surface area contributed by atoms with Crippen molar-refractivity contribution in [1.29, 1.82) is 0 Å². The molecule has 4 rings (SSSR count). The molecule has 1 saturated heterocycles. The maximum Gasteiger partial charge on any atom is 0.223 e. The number of hydrogen-bond acceptors (Lipinski definition) is 3. The summed E-state index contributed by atoms with van der Waals surface area (Å²) in [6.07, 6.45) is 6.46. The number of benzene rings is 1. The standard InChI is InChI=1S/C20H25FN4O/c1-13-3-4-18(21)19(9-13)25-7-5-15(6-8-25)23-20(26)17-10-16(17)14-11-22-24(2)12-14/h3-4,9,11-12,15-17H,5-8,10H2,1-2H3,(H,23,26)/t16-,17+/m0/s1. The molecule has 138 valence electrons. The average Bonchev–Trinajstić information content (AvgIpc) is 3.32. The topological polar surface area (TPSA) is 50.2 Å². The average molecular weight is 356 g/mol. The van der Waals surface area contributed by atoms with E-state index < -0.39 is 0 Å². The maximum atomic E-state index is 14.1. The highest BCUT2D eigenvalue weighted by atomic mass is 19.1. The van der Waals surface area contributed by atoms with Crippen LogP contribution in [-0.2, 0) is 11.8 Å². The highest BCUT2D eigenvalue weighted by Gasteiger charge is 2.45. The summed E-state index contributed by atoms with van der Waals surface area (Å²) in [7, 11) is 1.89. The van der Waals surface area contributed by atoms with E-state index in [9.17, 15) is 9.18 Å². The fraction of sp³-hybridized carbons (Fsp3) is 0.500. The Bertz CT molecular complexity index is 810. The smallest absolute Gasteiger partial charge is 0.223 e. The molecule has 2 heterocycles. The molecule has 2 fully saturated rings. The van der Waals surface area contributed by atoms with E-state index in [4.69, 9.17) is 0 Å². The van der Waals surface area contributed by atoms with Crippen molar-refractivity contribution < 1.29 is 9.18 Å². The zero-order valence-electron chi connectivity index (χ0n) is 15.3. The number of carbonyl (C=O) groups excluding carboxylic acids is 1. The Kier molecular flexibility index (Phi) is 4.42. The third-order valence-electron chi connectivity index (χ3n) is 5.56. The molecule has 0 bridgehead atoms. The largest absolute Gasteiger partial charge is 0.369 e. The molecule has 1 N–H and O–H groups in total. The number of aryl methyl sites for hydroxylation is 2. The van der Waals surface area contributed by atoms with Crippen LogP contribution in [0.3, 0.4) is 0 Å². The van der Waals surface area contributed by atoms with Gasteiger partial charge in [-0.05, 0) is 55.4 Å². The summed E-state index contributed by atoms with van der Waals surface area (Å²) in [4.78, 5) is 14.6. The molecular weight excluding hydrogens is 331 g/mol. The number of anilines is 1. The second-order valence-corrected chi connectivity index (χ2v) is 7.62. The molecule has 1 aromatic carbocycles. The summed E-state index contributed by atoms with van der Waals surface area (Å²) in [6.45, 7) is 3.51. The van der Waals surface area contributed by atoms with Crippen molar-refractivity contribution in [3.8, 4) is 0 Å². The van der Waals surface area contributed by atoms with Gasteiger partial charge < -0.3 is 10.2 Å². The summed E-state index contributed by atoms with van der Waals surface area (Å²) in [5, 5.41) is 7.39. The van der Waals surface area contributed by atoms with E-state index in [0.717, 1.165) is 43.5 Å². The number of rotatable bonds is 4. The van der Waals surface area contributed by atoms with E-state index >= 15 is 0 Å². The lowest BCUT2D eigenvalue weighted by Crippen LogP contribution is -2.45. The van der Waals surface area contributed by atoms with Crippen molar-refractivity contribution in [2.75, 3.05) is 18.0 Å². The SMILES string of the molecule is Cc1ccc(F)c(N2CCC(NC(=O)[C@@H]3C[C@H]3c3cnn(C)c3)CC2)c1. The first kappa shape index (κ1) is 17.1. The molecular formula is C20H25FN4O. The van der Waals surface area contributed by atoms with Crippen molar-refractivity contribution in [1.82, 2.24) is 15.1 Å². The van der Waals surface area contributed by atoms with Crippen molar-refractivity contribution in [3.05, 3.63) is 47.5 Å². The Hall–Kier alpha value is -2.37. The molecule has 0 spiro atoms. The predicted octanol–water partition coefficient (Wildman–Crippen LogP) is 2.76. The van der Waals surface area contributed by atoms with Gasteiger partial charge in [-0.25, -0.2) is 4.39 Å². The van der Waals surface area contributed by atoms with Gasteiger partial charge in [-0.15, -0.1) is 0 Å². The molecule has 6 heteroatoms. The van der Waals surface area contributed by atoms with E-state index in [-0.39, 0.29) is 23.7 Å². The number of halogens is 1. The normalized spacial score (nSPS) is 23.1. The number of aromatic nitrogens is 2. The van der Waals surface area contributed by atoms with Crippen LogP contribution >= 0.6 is 0 Å². The molecule has 2 atom stereocenters. The minimum atomic E-state index is -0.171. The summed E-state index contributed by atoms with van der Waals surface area (Å²) in [5.74, 6) is 0.367. The van der Waals surface area contributed by atoms with Crippen LogP contribution in [0.15, 0.2) is 30.6 Å². The minimum absolute atomic E-state index is 0.0754. The molecule has 1 amide bonds. The molecule has 5 nitrogen and oxygen atoms in total. The van der Waals surface area contributed by atoms with Gasteiger partial charge in [0.1, 0.15) is 5.82 Å². The van der Waals surface area contributed by atoms with Crippen LogP contribution in [0, 0.1) is 18.7 Å². The fourth-order valence-electron chi connectivity index (χ4n) is 3.92. The van der Waals surface area contributed by atoms with Crippen molar-refractivity contribution >= 4 is 11.6 Å². The molecule has 1 aliphatic carbocycles. The Morgan fingerprint density at radius 2 is 2.08 bits per heavy atom. The number of nitrogens with zero attached hydrogens (tertiary/aromatic N) is 3. The third-order valence-corrected chi connectivity index (χ3v) is 5.56. The van der Waals surface area contributed by atoms with Gasteiger partial charge in [0.05, 0.1) is 11.9 Å². The minimum Gasteiger partial charge on any atom is -0.369 e. The first-order chi connectivity index (χ1) is 12.5. The zero-order chi connectivity index (χ0) is 18.3. The van der Waals surface area contributed by atoms with Gasteiger partial charge in [0.15, 0.2) is 0 Å². The van der Waals surface area contributed by atoms with E-state index in [0.29, 0.717) is 11.6 Å². The number of piperidine rings is 1. The summed E-state index contributed by atoms with van der Waals surface area (Å²) >= 11 is 0. The number of nitrogens with one attached hydrogen (secondary N) is 1. The Balaban J connectivity index is 1.29. The first-order valence-corrected chi connectivity index (χ1v) is 9.31. The van der Waals surface area contributed by atoms with Gasteiger partial charge in [-0.1, -0.05) is 6.07 Å². The molecule has 26 heavy (non-hydrogen) atoms. The van der Waals surface area contributed by atoms with Crippen molar-refractivity contribution in [2.24, 2.45) is 13.0 Å². The Labute approximate surface area is 153 Å². The second kappa shape index (κ2) is 6.74. The lowest BCUT2D eigenvalue weighted by Gasteiger charge is -2.34. The van der Waals surface area contributed by atoms with Gasteiger partial charge in [-0.2, -0.15) is 5.10 Å². The van der Waals surface area contributed by atoms with Gasteiger partial charge in [0, 0.05) is 38.3 Å². The lowest BCUT2D eigenvalue weighted by molar-refractivity contribution is -0.123. The Morgan fingerprint density at radius 1 is 1.31 bits per heavy atom. The third kappa shape index (κ3) is 3.45. The van der Waals surface area contributed by atoms with Crippen LogP contribution in [0.1, 0.15) is 36.3 Å². The van der Waals surface area contributed by atoms with E-state index in [1.54, 1.807) is 10.7 Å². The fourth-order valence-corrected chi connectivity index (χ4v) is 3.92. The lowest BCUT2D eigenvalue weighted by atomic mass is 10.0. The highest BCUT2D eigenvalue weighted by Crippen LogP contribution is 2.47. The van der Waals surface area contributed by atoms with Crippen LogP contribution in [0.5, 0.6) is 0 Å². The van der Waals surface area contributed by atoms with E-state index in [2.05, 4.69) is 15.3 Å². The number of hydrogen-bond donors (Lipinski definition) is 1. The van der Waals surface area contributed by atoms with Crippen LogP contribution in [0.4, 0.5) is 10.1 Å². The molecule has 2 aliphatic rings. The number of amides is 1. The quantitative estimate of drug-likeness (QED) is 0.916. The van der Waals surface area contributed by atoms with E-state index in [1.807, 2.05) is 32.4 Å². The molecule has 2 aromatic rings. The summed E-state index contributed by atoms with van der Waals surface area (Å²) < 4.78 is 15.8. The van der Waals surface area contributed by atoms with Crippen molar-refractivity contribution in [3.63, 3.8) is 0 Å². The van der Waals surface area contributed by atoms with Gasteiger partial charge in [0.2, 0.25) is 5.91 Å². The monoisotopic (exact) mass is 356 g/mol. The predicted molar refractivity (Wildman–Crippen MR) is 98.6 cm³/mol. The van der Waals surface area contributed by atoms with Gasteiger partial charge in [0.25, 0.3) is 0 Å². The Morgan fingerprint density at radius 3 is 2.77 bits per heavy atom. The van der Waals surface area contributed by atoms with Crippen LogP contribution in [0.2, 0.25) is 0 Å². The summed E-state index contributed by atoms with van der Waals surface area (Å²) in [5.41, 5.74) is 2.89. The highest BCUT2D eigenvalue weighted by molar-refractivity contribution is 5.83. The number of carbonyl (C=O) groups is 1. The van der Waals surface area contributed by atoms with Crippen LogP contribution < -0.4 is 10.2 Å². The maximum absolute atomic E-state index is 14.1. The summed E-state index contributed by atoms with van der Waals surface area (Å²) in [6, 6.07) is 5.41. The second-order valence-electron chi connectivity index (χ2n) is 7.62. The van der Waals surface area contributed by atoms with Crippen LogP contribution in [-0.4, -0.2) is 34.8 Å². The van der Waals surface area contributed by atoms with Crippen molar-refractivity contribution in [2.45, 2.75) is 38.1 Å². The molecule has 1 aliphatic heterocycles. The van der Waals surface area contributed by atoms with Gasteiger partial charge >= 0.3 is 0 Å². The van der Waals surface area contributed by atoms with Crippen LogP contribution in [0.25, 0.3) is 0 Å². The van der Waals surface area contributed by atoms with Gasteiger partial charge in [-0.3, -0.25) is 9.48 Å². The molecule has 0 unspecified atom stereocenters. The molecule has 1 saturated carbocycles. The molecule has 0 radical (unpaired) electrons. The van der Waals surface area contributed by atoms with E-state index in [1.165, 1.54) is 6.07 Å². The zero-order valence-corrected chi connectivity index (χ0v) is 15.3.